The van der Waals surface area contributed by atoms with E-state index in [2.05, 4.69) is 41.9 Å². The Morgan fingerprint density at radius 2 is 0.840 bits per heavy atom. The summed E-state index contributed by atoms with van der Waals surface area (Å²) in [6.45, 7) is 1.25. The SMILES string of the molecule is CC(c1ccc(C#Cc2ccccc2)c(C#Cc2ccccc2)c1)(c1ccc2cc(-c3ccccc3)c(-c3ccccc3)cc2c1)C(F)(F)F. The summed E-state index contributed by atoms with van der Waals surface area (Å²) in [6.07, 6.45) is -4.62. The number of rotatable bonds is 4. The Morgan fingerprint density at radius 3 is 1.36 bits per heavy atom. The summed E-state index contributed by atoms with van der Waals surface area (Å²) in [7, 11) is 0. The Hall–Kier alpha value is -6.29. The molecule has 0 fully saturated rings. The Balaban J connectivity index is 1.39. The van der Waals surface area contributed by atoms with E-state index in [9.17, 15) is 0 Å². The van der Waals surface area contributed by atoms with Crippen molar-refractivity contribution in [2.24, 2.45) is 0 Å². The molecule has 0 saturated carbocycles. The summed E-state index contributed by atoms with van der Waals surface area (Å²) in [5.41, 5.74) is 4.47. The lowest BCUT2D eigenvalue weighted by Crippen LogP contribution is -2.40. The predicted molar refractivity (Wildman–Crippen MR) is 199 cm³/mol. The van der Waals surface area contributed by atoms with E-state index in [1.165, 1.54) is 13.0 Å². The van der Waals surface area contributed by atoms with Crippen LogP contribution in [-0.2, 0) is 5.41 Å². The van der Waals surface area contributed by atoms with Crippen molar-refractivity contribution in [1.82, 2.24) is 0 Å². The molecule has 0 aliphatic carbocycles. The maximum absolute atomic E-state index is 15.5. The highest BCUT2D eigenvalue weighted by molar-refractivity contribution is 5.97. The number of hydrogen-bond donors (Lipinski definition) is 0. The normalized spacial score (nSPS) is 12.2. The van der Waals surface area contributed by atoms with Crippen LogP contribution in [0.1, 0.15) is 40.3 Å². The molecule has 0 spiro atoms. The molecule has 0 aliphatic rings. The Labute approximate surface area is 290 Å². The van der Waals surface area contributed by atoms with Crippen LogP contribution in [0.25, 0.3) is 33.0 Å². The van der Waals surface area contributed by atoms with E-state index in [1.54, 1.807) is 30.3 Å². The molecule has 0 aromatic heterocycles. The van der Waals surface area contributed by atoms with Gasteiger partial charge in [0.25, 0.3) is 0 Å². The zero-order chi connectivity index (χ0) is 34.6. The molecule has 0 heterocycles. The van der Waals surface area contributed by atoms with Crippen LogP contribution in [-0.4, -0.2) is 6.18 Å². The highest BCUT2D eigenvalue weighted by atomic mass is 19.4. The second-order valence-electron chi connectivity index (χ2n) is 12.3. The van der Waals surface area contributed by atoms with Gasteiger partial charge in [0.1, 0.15) is 5.41 Å². The van der Waals surface area contributed by atoms with Crippen LogP contribution in [0.5, 0.6) is 0 Å². The predicted octanol–water partition coefficient (Wildman–Crippen LogP) is 11.8. The molecule has 0 saturated heterocycles. The molecule has 0 amide bonds. The topological polar surface area (TPSA) is 0 Å². The minimum atomic E-state index is -4.62. The van der Waals surface area contributed by atoms with Crippen molar-refractivity contribution >= 4 is 10.8 Å². The molecular weight excluding hydrogens is 622 g/mol. The summed E-state index contributed by atoms with van der Waals surface area (Å²) in [5.74, 6) is 12.5. The maximum atomic E-state index is 15.5. The van der Waals surface area contributed by atoms with Gasteiger partial charge in [-0.15, -0.1) is 0 Å². The lowest BCUT2D eigenvalue weighted by Gasteiger charge is -2.34. The van der Waals surface area contributed by atoms with E-state index < -0.39 is 11.6 Å². The quantitative estimate of drug-likeness (QED) is 0.166. The molecular formula is C47H31F3. The lowest BCUT2D eigenvalue weighted by atomic mass is 9.74. The van der Waals surface area contributed by atoms with Crippen LogP contribution in [0.15, 0.2) is 170 Å². The van der Waals surface area contributed by atoms with Gasteiger partial charge in [-0.2, -0.15) is 13.2 Å². The van der Waals surface area contributed by atoms with Crippen molar-refractivity contribution in [2.45, 2.75) is 18.5 Å². The zero-order valence-electron chi connectivity index (χ0n) is 27.3. The van der Waals surface area contributed by atoms with Crippen LogP contribution in [0.2, 0.25) is 0 Å². The van der Waals surface area contributed by atoms with Crippen LogP contribution in [0.4, 0.5) is 13.2 Å². The van der Waals surface area contributed by atoms with Crippen molar-refractivity contribution in [3.05, 3.63) is 203 Å². The Morgan fingerprint density at radius 1 is 0.400 bits per heavy atom. The third-order valence-electron chi connectivity index (χ3n) is 9.12. The van der Waals surface area contributed by atoms with Gasteiger partial charge in [-0.25, -0.2) is 0 Å². The number of halogens is 3. The van der Waals surface area contributed by atoms with Crippen molar-refractivity contribution in [2.75, 3.05) is 0 Å². The second-order valence-corrected chi connectivity index (χ2v) is 12.3. The Kier molecular flexibility index (Phi) is 8.83. The van der Waals surface area contributed by atoms with E-state index >= 15 is 13.2 Å². The van der Waals surface area contributed by atoms with Crippen molar-refractivity contribution < 1.29 is 13.2 Å². The first-order valence-corrected chi connectivity index (χ1v) is 16.3. The summed E-state index contributed by atoms with van der Waals surface area (Å²) in [5, 5.41) is 1.59. The zero-order valence-corrected chi connectivity index (χ0v) is 27.3. The third-order valence-corrected chi connectivity index (χ3v) is 9.12. The molecule has 7 aromatic carbocycles. The van der Waals surface area contributed by atoms with Gasteiger partial charge in [-0.3, -0.25) is 0 Å². The van der Waals surface area contributed by atoms with Gasteiger partial charge in [0, 0.05) is 22.3 Å². The van der Waals surface area contributed by atoms with Gasteiger partial charge in [0.15, 0.2) is 0 Å². The molecule has 7 aromatic rings. The summed E-state index contributed by atoms with van der Waals surface area (Å²) in [4.78, 5) is 0. The standard InChI is InChI=1S/C47H31F3/c1-46(47(48,49)50,42-28-26-36(24-22-34-14-6-2-7-15-34)39(30-42)25-23-35-16-8-3-9-17-35)43-29-27-40-32-44(37-18-10-4-11-19-37)45(33-41(40)31-43)38-20-12-5-13-21-38/h2-21,26-33H,1H3. The molecule has 50 heavy (non-hydrogen) atoms. The van der Waals surface area contributed by atoms with Crippen molar-refractivity contribution in [1.29, 1.82) is 0 Å². The first kappa shape index (κ1) is 32.3. The lowest BCUT2D eigenvalue weighted by molar-refractivity contribution is -0.173. The van der Waals surface area contributed by atoms with Crippen LogP contribution in [0.3, 0.4) is 0 Å². The van der Waals surface area contributed by atoms with Gasteiger partial charge < -0.3 is 0 Å². The average Bonchev–Trinajstić information content (AvgIpc) is 3.16. The molecule has 1 unspecified atom stereocenters. The molecule has 7 rings (SSSR count). The number of hydrogen-bond acceptors (Lipinski definition) is 0. The summed E-state index contributed by atoms with van der Waals surface area (Å²) in [6, 6.07) is 52.8. The molecule has 0 N–H and O–H groups in total. The van der Waals surface area contributed by atoms with Crippen molar-refractivity contribution in [3.8, 4) is 45.9 Å². The first-order valence-electron chi connectivity index (χ1n) is 16.3. The molecule has 0 radical (unpaired) electrons. The highest BCUT2D eigenvalue weighted by Gasteiger charge is 2.53. The van der Waals surface area contributed by atoms with Gasteiger partial charge in [-0.05, 0) is 106 Å². The maximum Gasteiger partial charge on any atom is 0.402 e. The van der Waals surface area contributed by atoms with Crippen LogP contribution < -0.4 is 0 Å². The summed E-state index contributed by atoms with van der Waals surface area (Å²) >= 11 is 0. The first-order chi connectivity index (χ1) is 24.3. The summed E-state index contributed by atoms with van der Waals surface area (Å²) < 4.78 is 46.5. The van der Waals surface area contributed by atoms with E-state index in [4.69, 9.17) is 0 Å². The van der Waals surface area contributed by atoms with E-state index in [0.29, 0.717) is 11.1 Å². The Bertz CT molecular complexity index is 2410. The minimum absolute atomic E-state index is 0.0937. The fourth-order valence-electron chi connectivity index (χ4n) is 6.21. The van der Waals surface area contributed by atoms with E-state index in [1.807, 2.05) is 115 Å². The molecule has 3 heteroatoms. The van der Waals surface area contributed by atoms with E-state index in [0.717, 1.165) is 44.2 Å². The number of benzene rings is 7. The molecule has 240 valence electrons. The van der Waals surface area contributed by atoms with Crippen LogP contribution in [0, 0.1) is 23.7 Å². The highest BCUT2D eigenvalue weighted by Crippen LogP contribution is 2.47. The molecule has 0 bridgehead atoms. The molecule has 1 atom stereocenters. The van der Waals surface area contributed by atoms with Gasteiger partial charge in [0.2, 0.25) is 0 Å². The average molecular weight is 653 g/mol. The fourth-order valence-corrected chi connectivity index (χ4v) is 6.21. The van der Waals surface area contributed by atoms with E-state index in [-0.39, 0.29) is 11.1 Å². The van der Waals surface area contributed by atoms with Gasteiger partial charge in [0.05, 0.1) is 0 Å². The van der Waals surface area contributed by atoms with Gasteiger partial charge in [-0.1, -0.05) is 139 Å². The van der Waals surface area contributed by atoms with Crippen LogP contribution >= 0.6 is 0 Å². The monoisotopic (exact) mass is 652 g/mol. The molecule has 0 nitrogen and oxygen atoms in total. The fraction of sp³-hybridized carbons (Fsp3) is 0.0638. The van der Waals surface area contributed by atoms with Crippen molar-refractivity contribution in [3.63, 3.8) is 0 Å². The number of alkyl halides is 3. The molecule has 0 aliphatic heterocycles. The largest absolute Gasteiger partial charge is 0.402 e. The minimum Gasteiger partial charge on any atom is -0.170 e. The van der Waals surface area contributed by atoms with Gasteiger partial charge >= 0.3 is 6.18 Å². The smallest absolute Gasteiger partial charge is 0.170 e. The second kappa shape index (κ2) is 13.7. The number of fused-ring (bicyclic) bond motifs is 1. The third kappa shape index (κ3) is 6.55.